The number of nitrogens with two attached hydrogens (primary N) is 2. The molecule has 8 nitrogen and oxygen atoms in total. The summed E-state index contributed by atoms with van der Waals surface area (Å²) in [6.45, 7) is -0.266. The summed E-state index contributed by atoms with van der Waals surface area (Å²) in [5, 5.41) is 0. The second-order valence-corrected chi connectivity index (χ2v) is 8.14. The van der Waals surface area contributed by atoms with E-state index in [1.54, 1.807) is 0 Å². The number of benzene rings is 1. The second-order valence-electron chi connectivity index (χ2n) is 4.14. The van der Waals surface area contributed by atoms with Crippen molar-refractivity contribution in [2.75, 3.05) is 24.3 Å². The maximum atomic E-state index is 11.9. The van der Waals surface area contributed by atoms with Crippen molar-refractivity contribution in [1.82, 2.24) is 4.72 Å². The van der Waals surface area contributed by atoms with Crippen LogP contribution in [-0.2, 0) is 19.9 Å². The summed E-state index contributed by atoms with van der Waals surface area (Å²) in [7, 11) is -7.22. The average molecular weight is 321 g/mol. The van der Waals surface area contributed by atoms with E-state index in [1.807, 2.05) is 0 Å². The molecule has 0 unspecified atom stereocenters. The van der Waals surface area contributed by atoms with Crippen LogP contribution < -0.4 is 16.2 Å². The lowest BCUT2D eigenvalue weighted by Crippen LogP contribution is -2.29. The molecule has 0 spiro atoms. The van der Waals surface area contributed by atoms with Gasteiger partial charge in [0.15, 0.2) is 0 Å². The van der Waals surface area contributed by atoms with E-state index in [9.17, 15) is 21.6 Å². The highest BCUT2D eigenvalue weighted by Gasteiger charge is 2.18. The first-order valence-corrected chi connectivity index (χ1v) is 8.94. The van der Waals surface area contributed by atoms with Gasteiger partial charge in [0.2, 0.25) is 15.9 Å². The molecule has 1 amide bonds. The van der Waals surface area contributed by atoms with Crippen molar-refractivity contribution in [3.05, 3.63) is 23.8 Å². The molecule has 0 aliphatic rings. The molecule has 10 heteroatoms. The van der Waals surface area contributed by atoms with E-state index in [4.69, 9.17) is 11.5 Å². The summed E-state index contributed by atoms with van der Waals surface area (Å²) >= 11 is 0. The number of carbonyl (C=O) groups is 1. The first-order chi connectivity index (χ1) is 9.03. The maximum absolute atomic E-state index is 11.9. The van der Waals surface area contributed by atoms with Crippen molar-refractivity contribution < 1.29 is 21.6 Å². The number of hydrogen-bond donors (Lipinski definition) is 3. The third-order valence-electron chi connectivity index (χ3n) is 2.35. The number of hydrogen-bond acceptors (Lipinski definition) is 6. The van der Waals surface area contributed by atoms with Gasteiger partial charge in [0.05, 0.1) is 11.4 Å². The number of anilines is 1. The van der Waals surface area contributed by atoms with Crippen molar-refractivity contribution in [3.8, 4) is 0 Å². The minimum atomic E-state index is -3.95. The fraction of sp³-hybridized carbons (Fsp3) is 0.300. The largest absolute Gasteiger partial charge is 0.398 e. The van der Waals surface area contributed by atoms with E-state index in [0.717, 1.165) is 18.4 Å². The van der Waals surface area contributed by atoms with Crippen LogP contribution in [0.15, 0.2) is 23.1 Å². The lowest BCUT2D eigenvalue weighted by atomic mass is 10.2. The Kier molecular flexibility index (Phi) is 4.73. The molecule has 0 atom stereocenters. The van der Waals surface area contributed by atoms with Crippen LogP contribution in [-0.4, -0.2) is 41.3 Å². The monoisotopic (exact) mass is 321 g/mol. The summed E-state index contributed by atoms with van der Waals surface area (Å²) < 4.78 is 47.8. The number of nitrogens with one attached hydrogen (secondary N) is 1. The van der Waals surface area contributed by atoms with Crippen LogP contribution in [0, 0.1) is 0 Å². The summed E-state index contributed by atoms with van der Waals surface area (Å²) in [4.78, 5) is 10.7. The highest BCUT2D eigenvalue weighted by molar-refractivity contribution is 7.91. The third-order valence-corrected chi connectivity index (χ3v) is 4.83. The molecule has 20 heavy (non-hydrogen) atoms. The maximum Gasteiger partial charge on any atom is 0.248 e. The van der Waals surface area contributed by atoms with Crippen LogP contribution in [0.4, 0.5) is 5.69 Å². The van der Waals surface area contributed by atoms with Gasteiger partial charge in [-0.15, -0.1) is 0 Å². The number of amides is 1. The summed E-state index contributed by atoms with van der Waals surface area (Å²) in [6, 6.07) is 3.51. The molecular weight excluding hydrogens is 306 g/mol. The van der Waals surface area contributed by atoms with Crippen LogP contribution in [0.25, 0.3) is 0 Å². The molecule has 0 heterocycles. The van der Waals surface area contributed by atoms with Gasteiger partial charge in [0.1, 0.15) is 14.7 Å². The first kappa shape index (κ1) is 16.4. The molecule has 1 rings (SSSR count). The Morgan fingerprint density at radius 1 is 1.25 bits per heavy atom. The van der Waals surface area contributed by atoms with E-state index >= 15 is 0 Å². The predicted octanol–water partition coefficient (Wildman–Crippen LogP) is -1.31. The van der Waals surface area contributed by atoms with E-state index in [1.165, 1.54) is 6.07 Å². The van der Waals surface area contributed by atoms with Gasteiger partial charge in [-0.25, -0.2) is 21.6 Å². The number of sulfone groups is 1. The predicted molar refractivity (Wildman–Crippen MR) is 74.3 cm³/mol. The highest BCUT2D eigenvalue weighted by Crippen LogP contribution is 2.19. The van der Waals surface area contributed by atoms with Crippen molar-refractivity contribution in [2.45, 2.75) is 4.90 Å². The van der Waals surface area contributed by atoms with Crippen molar-refractivity contribution in [2.24, 2.45) is 5.73 Å². The van der Waals surface area contributed by atoms with E-state index in [0.29, 0.717) is 0 Å². The van der Waals surface area contributed by atoms with Crippen molar-refractivity contribution in [1.29, 1.82) is 0 Å². The molecule has 5 N–H and O–H groups in total. The molecule has 0 aromatic heterocycles. The van der Waals surface area contributed by atoms with E-state index in [2.05, 4.69) is 4.72 Å². The molecule has 0 aliphatic carbocycles. The van der Waals surface area contributed by atoms with Gasteiger partial charge in [0, 0.05) is 18.4 Å². The average Bonchev–Trinajstić information content (AvgIpc) is 2.26. The van der Waals surface area contributed by atoms with Crippen LogP contribution >= 0.6 is 0 Å². The smallest absolute Gasteiger partial charge is 0.248 e. The normalized spacial score (nSPS) is 12.2. The zero-order chi connectivity index (χ0) is 15.6. The van der Waals surface area contributed by atoms with Crippen LogP contribution in [0.5, 0.6) is 0 Å². The quantitative estimate of drug-likeness (QED) is 0.554. The van der Waals surface area contributed by atoms with Crippen LogP contribution in [0.1, 0.15) is 10.4 Å². The van der Waals surface area contributed by atoms with Gasteiger partial charge < -0.3 is 11.5 Å². The number of carbonyl (C=O) groups excluding carboxylic acids is 1. The second kappa shape index (κ2) is 5.77. The van der Waals surface area contributed by atoms with Gasteiger partial charge in [0.25, 0.3) is 0 Å². The summed E-state index contributed by atoms with van der Waals surface area (Å²) in [5.41, 5.74) is 10.5. The van der Waals surface area contributed by atoms with E-state index in [-0.39, 0.29) is 28.4 Å². The molecule has 0 saturated heterocycles. The van der Waals surface area contributed by atoms with Gasteiger partial charge in [-0.05, 0) is 18.2 Å². The summed E-state index contributed by atoms with van der Waals surface area (Å²) in [5.74, 6) is -1.06. The Hall–Kier alpha value is -1.65. The molecule has 112 valence electrons. The zero-order valence-electron chi connectivity index (χ0n) is 10.7. The zero-order valence-corrected chi connectivity index (χ0v) is 12.3. The number of primary amides is 1. The van der Waals surface area contributed by atoms with Crippen LogP contribution in [0.2, 0.25) is 0 Å². The first-order valence-electron chi connectivity index (χ1n) is 5.39. The minimum Gasteiger partial charge on any atom is -0.398 e. The molecule has 0 fully saturated rings. The third kappa shape index (κ3) is 4.47. The molecule has 0 radical (unpaired) electrons. The molecule has 0 saturated carbocycles. The fourth-order valence-corrected chi connectivity index (χ4v) is 3.13. The van der Waals surface area contributed by atoms with Crippen molar-refractivity contribution >= 4 is 31.5 Å². The van der Waals surface area contributed by atoms with Gasteiger partial charge in [-0.1, -0.05) is 0 Å². The Morgan fingerprint density at radius 2 is 1.85 bits per heavy atom. The molecule has 1 aromatic carbocycles. The van der Waals surface area contributed by atoms with Gasteiger partial charge in [-0.3, -0.25) is 4.79 Å². The standard InChI is InChI=1S/C10H15N3O5S2/c1-19(15,16)5-4-13-20(17,18)9-3-2-7(10(12)14)6-8(9)11/h2-3,6,13H,4-5,11H2,1H3,(H2,12,14). The Bertz CT molecular complexity index is 725. The Balaban J connectivity index is 2.96. The Morgan fingerprint density at radius 3 is 2.30 bits per heavy atom. The summed E-state index contributed by atoms with van der Waals surface area (Å²) in [6.07, 6.45) is 0.997. The molecule has 0 aliphatic heterocycles. The number of sulfonamides is 1. The minimum absolute atomic E-state index is 0.0811. The molecular formula is C10H15N3O5S2. The lowest BCUT2D eigenvalue weighted by molar-refractivity contribution is 0.1000. The van der Waals surface area contributed by atoms with Gasteiger partial charge >= 0.3 is 0 Å². The number of rotatable bonds is 6. The van der Waals surface area contributed by atoms with E-state index < -0.39 is 25.8 Å². The topological polar surface area (TPSA) is 149 Å². The Labute approximate surface area is 117 Å². The highest BCUT2D eigenvalue weighted by atomic mass is 32.2. The van der Waals surface area contributed by atoms with Gasteiger partial charge in [-0.2, -0.15) is 0 Å². The molecule has 0 bridgehead atoms. The lowest BCUT2D eigenvalue weighted by Gasteiger charge is -2.09. The van der Waals surface area contributed by atoms with Crippen LogP contribution in [0.3, 0.4) is 0 Å². The number of nitrogen functional groups attached to an aromatic ring is 1. The van der Waals surface area contributed by atoms with Crippen molar-refractivity contribution in [3.63, 3.8) is 0 Å². The fourth-order valence-electron chi connectivity index (χ4n) is 1.39. The SMILES string of the molecule is CS(=O)(=O)CCNS(=O)(=O)c1ccc(C(N)=O)cc1N. The molecule has 1 aromatic rings.